The number of benzene rings is 4. The van der Waals surface area contributed by atoms with Gasteiger partial charge in [-0.05, 0) is 174 Å². The number of Topliss-reactive ketones (excluding diaryl/α,β-unsaturated/α-hetero) is 8. The molecule has 1 aliphatic heterocycles. The number of hydrogen-bond donors (Lipinski definition) is 17. The summed E-state index contributed by atoms with van der Waals surface area (Å²) in [6.07, 6.45) is 4.12. The molecule has 1 unspecified atom stereocenters. The van der Waals surface area contributed by atoms with Crippen LogP contribution in [-0.2, 0) is 88.0 Å². The largest absolute Gasteiger partial charge is 1.00 e. The van der Waals surface area contributed by atoms with E-state index in [9.17, 15) is 129 Å². The van der Waals surface area contributed by atoms with Gasteiger partial charge in [-0.1, -0.05) is 28.2 Å². The molecular weight excluding hydrogens is 2050 g/mol. The molecule has 147 heavy (non-hydrogen) atoms. The number of hydrogen-bond acceptors (Lipinski definition) is 36. The van der Waals surface area contributed by atoms with Crippen molar-refractivity contribution in [3.63, 3.8) is 0 Å². The number of carbonyl (C=O) groups is 12. The zero-order valence-corrected chi connectivity index (χ0v) is 91.4. The fraction of sp³-hybridized carbons (Fsp3) is 0.500. The number of aliphatic hydroxyl groups is 12. The molecule has 4 aromatic rings. The Morgan fingerprint density at radius 1 is 0.429 bits per heavy atom. The number of anilines is 4. The third-order valence-electron chi connectivity index (χ3n) is 29.6. The summed E-state index contributed by atoms with van der Waals surface area (Å²) in [6, 6.07) is 10.5. The average molecular weight is 2190 g/mol. The summed E-state index contributed by atoms with van der Waals surface area (Å²) < 4.78 is 22.3. The Bertz CT molecular complexity index is 6420. The van der Waals surface area contributed by atoms with Crippen LogP contribution in [0.1, 0.15) is 118 Å². The van der Waals surface area contributed by atoms with E-state index in [4.69, 9.17) is 41.9 Å². The number of methoxy groups -OCH3 is 3. The third kappa shape index (κ3) is 19.9. The number of primary amides is 4. The van der Waals surface area contributed by atoms with Crippen LogP contribution in [0.5, 0.6) is 23.0 Å². The molecule has 17 rings (SSSR count). The van der Waals surface area contributed by atoms with Crippen molar-refractivity contribution in [1.82, 2.24) is 9.80 Å². The molecule has 41 nitrogen and oxygen atoms in total. The number of rotatable bonds is 15. The standard InChI is InChI=1S/C25H31N3O7.C24H29N3O7.C23H27N3O7.C22H24N2O7.C5H10IO.C4H9O.CH4.K/c1-27(2)14-7-8-15(35-6)17-12(14)9-11-10-13-19(28(3,4)5)21(30)18(24(26)33)23(32)25(13,34)22(31)16(11)20(17)29;1-26(2)13-6-7-14(34-5)16-11(13)8-10-9-12-18(27(3)4)20(29)17(23(25)32)22(31)24(12,33)21(30)15(10)19(16)28;1-25(2)12-5-6-13(27)15-10(12)7-9-8-11-17(26(3)4)19(29)16(22(24)32)21(31)23(11,33)20(30)14(9)18(15)28;1-24(2)12-4-5-14(31-3)16-11(12)7-9-6-10-8-13(25)17(21(23)29)20(28)22(10,30)19(27)15(9)18(16)26;1-6-5-3-2-4-7-5;1-4(2,3)5;;/h7-8,11,13,19,34H,9-10H2,1-6H3,(H3-,26,29,30,31,32,33);6-7,10,12,18,28,31,33H,8-9H2,1-5H3,(H2,25,32);5-6,9,11,17,27-28,31,33H,7-8H2,1-4H3,(H2,24,32);4-5,9-10,26,28,30H,6-8H2,1-3H3,(H2,23,29);5H,2-4H2,1H3;1-3H3;1H4;/q;;;;2*-1;;+1/p+1/t11-,13-,19-,25-;10-,12-,18-,24-;9-,11-,17-,23-;9-,10+,22+;;;;/m0001..../s1. The second-order valence-corrected chi connectivity index (χ2v) is 44.3. The first-order valence-electron chi connectivity index (χ1n) is 46.9. The maximum Gasteiger partial charge on any atom is 1.00 e. The summed E-state index contributed by atoms with van der Waals surface area (Å²) in [6.45, 7) is 5.92. The van der Waals surface area contributed by atoms with Crippen LogP contribution in [-0.4, -0.2) is 339 Å². The first-order chi connectivity index (χ1) is 67.3. The summed E-state index contributed by atoms with van der Waals surface area (Å²) in [5.74, 6) is -22.9. The number of carbonyl (C=O) groups excluding carboxylic acids is 12. The molecule has 16 atom stereocenters. The van der Waals surface area contributed by atoms with E-state index in [2.05, 4.69) is 4.93 Å². The van der Waals surface area contributed by atoms with Crippen molar-refractivity contribution in [2.75, 3.05) is 158 Å². The van der Waals surface area contributed by atoms with Crippen molar-refractivity contribution >= 4 is 116 Å². The van der Waals surface area contributed by atoms with Crippen LogP contribution in [0.25, 0.3) is 23.0 Å². The maximum absolute atomic E-state index is 13.9. The van der Waals surface area contributed by atoms with Crippen molar-refractivity contribution in [2.24, 2.45) is 70.3 Å². The molecule has 5 fully saturated rings. The molecule has 4 amide bonds. The van der Waals surface area contributed by atoms with Gasteiger partial charge in [-0.15, -0.1) is 5.60 Å². The summed E-state index contributed by atoms with van der Waals surface area (Å²) in [7, 11) is 30.6. The number of amides is 4. The quantitative estimate of drug-likeness (QED) is 0.0189. The van der Waals surface area contributed by atoms with Gasteiger partial charge in [0.2, 0.25) is 28.9 Å². The monoisotopic (exact) mass is 2180 g/mol. The Morgan fingerprint density at radius 3 is 0.986 bits per heavy atom. The van der Waals surface area contributed by atoms with Gasteiger partial charge in [-0.25, -0.2) is 0 Å². The molecule has 4 aromatic carbocycles. The second kappa shape index (κ2) is 43.4. The number of aliphatic hydroxyl groups excluding tert-OH is 8. The van der Waals surface area contributed by atoms with E-state index in [0.717, 1.165) is 46.0 Å². The summed E-state index contributed by atoms with van der Waals surface area (Å²) in [5, 5.41) is 155. The molecule has 794 valence electrons. The van der Waals surface area contributed by atoms with E-state index in [0.29, 0.717) is 84.1 Å². The Morgan fingerprint density at radius 2 is 0.707 bits per heavy atom. The van der Waals surface area contributed by atoms with Crippen molar-refractivity contribution in [2.45, 2.75) is 149 Å². The molecule has 21 N–H and O–H groups in total. The third-order valence-corrected chi connectivity index (χ3v) is 32.0. The molecule has 13 aliphatic rings. The molecule has 0 radical (unpaired) electrons. The molecule has 0 aromatic heterocycles. The van der Waals surface area contributed by atoms with Gasteiger partial charge >= 0.3 is 106 Å². The van der Waals surface area contributed by atoms with E-state index in [-0.39, 0.29) is 153 Å². The number of phenolic OH excluding ortho intramolecular Hbond substituents is 1. The van der Waals surface area contributed by atoms with Crippen LogP contribution in [0, 0.1) is 47.3 Å². The van der Waals surface area contributed by atoms with Crippen LogP contribution in [0.15, 0.2) is 116 Å². The number of alkyl halides is 2. The van der Waals surface area contributed by atoms with Gasteiger partial charge in [-0.2, -0.15) is 0 Å². The second-order valence-electron chi connectivity index (χ2n) is 41.7. The zero-order valence-electron chi connectivity index (χ0n) is 86.1. The Kier molecular flexibility index (Phi) is 34.8. The minimum atomic E-state index is -2.63. The van der Waals surface area contributed by atoms with Gasteiger partial charge in [0.25, 0.3) is 23.6 Å². The van der Waals surface area contributed by atoms with Crippen LogP contribution in [0.2, 0.25) is 0 Å². The molecule has 0 bridgehead atoms. The number of quaternary nitrogens is 1. The number of aromatic hydroxyl groups is 1. The number of nitrogens with zero attached hydrogens (tertiary/aromatic N) is 7. The number of phenols is 1. The van der Waals surface area contributed by atoms with Crippen LogP contribution in [0.4, 0.5) is 22.7 Å². The molecule has 1 saturated heterocycles. The van der Waals surface area contributed by atoms with Crippen molar-refractivity contribution in [1.29, 1.82) is 0 Å². The van der Waals surface area contributed by atoms with E-state index < -0.39 is 214 Å². The predicted molar refractivity (Wildman–Crippen MR) is 532 cm³/mol. The first-order valence-corrected chi connectivity index (χ1v) is 50.3. The number of ketones is 8. The molecule has 1 heterocycles. The number of nitrogens with two attached hydrogens (primary N) is 4. The minimum absolute atomic E-state index is 0. The molecule has 0 spiro atoms. The first kappa shape index (κ1) is 118. The number of likely N-dealkylation sites (N-methyl/N-ethyl adjacent to an activating group) is 3. The summed E-state index contributed by atoms with van der Waals surface area (Å²) >= 11 is 0.382. The van der Waals surface area contributed by atoms with Crippen molar-refractivity contribution in [3.8, 4) is 23.0 Å². The SMILES string of the molecule is C.CC(C)(C)[O-].CN(C)c1ccc(O)c2c1C[C@H]1C[C@H]3[C@H](N(C)C)C(=O)C(C(N)=O)=C(O)[C@@]3(O)C(=O)C1=C2O.COc1ccc(N(C)C)c2c1C(O)=C1C(=O)[C@]3(O)C(O)=C(C(N)=O)C(=O)C[C@@H]3C[C@@H]1C2.COc1ccc(N(C)C)c2c1C(O)=C1C(=O)[C@]3(O)C(O)=C(C(N)=O)C(=O)[C@@H](N(C)C)[C@@H]3C[C@@H]1C2.COc1ccc(N(C)C)c2c1C(O)=C1C(=O)[C@]3(O)C(O)=C(C(N)=O)C(=O)[C@@H]([N+](C)(C)C)[C@@H]3C[C@@H]1C2.C[I-]C1CCCO1.[K+]. The number of halogens is 1. The van der Waals surface area contributed by atoms with Crippen molar-refractivity contribution in [3.05, 3.63) is 161 Å². The molecular formula is C104H135IKN11O30. The van der Waals surface area contributed by atoms with Crippen molar-refractivity contribution < 1.29 is 225 Å². The van der Waals surface area contributed by atoms with Gasteiger partial charge in [0, 0.05) is 126 Å². The number of ether oxygens (including phenoxy) is 4. The van der Waals surface area contributed by atoms with E-state index in [1.165, 1.54) is 50.0 Å². The van der Waals surface area contributed by atoms with Crippen LogP contribution in [0.3, 0.4) is 0 Å². The minimum Gasteiger partial charge on any atom is 1.00 e. The van der Waals surface area contributed by atoms with Gasteiger partial charge in [-0.3, -0.25) is 67.3 Å². The van der Waals surface area contributed by atoms with E-state index >= 15 is 0 Å². The van der Waals surface area contributed by atoms with Crippen LogP contribution >= 0.6 is 0 Å². The molecule has 12 aliphatic carbocycles. The predicted octanol–water partition coefficient (Wildman–Crippen LogP) is -2.74. The van der Waals surface area contributed by atoms with E-state index in [1.807, 2.05) is 94.2 Å². The Hall–Kier alpha value is -11.2. The zero-order chi connectivity index (χ0) is 108. The molecule has 43 heteroatoms. The Labute approximate surface area is 904 Å². The topological polar surface area (TPSA) is 651 Å². The van der Waals surface area contributed by atoms with E-state index in [1.54, 1.807) is 94.4 Å². The smallest absolute Gasteiger partial charge is 1.00 e. The maximum atomic E-state index is 13.9. The van der Waals surface area contributed by atoms with Gasteiger partial charge in [0.1, 0.15) is 91.4 Å². The molecule has 4 saturated carbocycles. The van der Waals surface area contributed by atoms with Crippen LogP contribution < -0.4 is 134 Å². The fourth-order valence-corrected chi connectivity index (χ4v) is 25.1. The normalized spacial score (nSPS) is 27.6. The van der Waals surface area contributed by atoms with Gasteiger partial charge in [0.15, 0.2) is 45.8 Å². The Balaban J connectivity index is 0.000000192. The fourth-order valence-electron chi connectivity index (χ4n) is 23.4. The number of fused-ring (bicyclic) bond motifs is 12. The summed E-state index contributed by atoms with van der Waals surface area (Å²) in [5.41, 5.74) is 14.0. The summed E-state index contributed by atoms with van der Waals surface area (Å²) in [4.78, 5) is 167. The average Bonchev–Trinajstić information content (AvgIpc) is 1.00. The van der Waals surface area contributed by atoms with Gasteiger partial charge in [0.05, 0.1) is 82.7 Å². The van der Waals surface area contributed by atoms with Gasteiger partial charge < -0.3 is 133 Å².